The van der Waals surface area contributed by atoms with Crippen molar-refractivity contribution in [3.63, 3.8) is 0 Å². The molecule has 0 aliphatic heterocycles. The molecular formula is C8H5BrCl2N2. The average molecular weight is 280 g/mol. The van der Waals surface area contributed by atoms with E-state index < -0.39 is 5.92 Å². The molecule has 1 atom stereocenters. The summed E-state index contributed by atoms with van der Waals surface area (Å²) in [5.74, 6) is -0.169. The first-order chi connectivity index (χ1) is 6.19. The van der Waals surface area contributed by atoms with E-state index in [2.05, 4.69) is 27.0 Å². The van der Waals surface area contributed by atoms with Gasteiger partial charge in [0.15, 0.2) is 0 Å². The Labute approximate surface area is 94.6 Å². The number of aromatic nitrogens is 1. The number of nitrogens with zero attached hydrogens (tertiary/aromatic N) is 2. The van der Waals surface area contributed by atoms with Crippen molar-refractivity contribution in [3.05, 3.63) is 27.5 Å². The molecule has 0 saturated heterocycles. The molecule has 0 radical (unpaired) electrons. The predicted octanol–water partition coefficient (Wildman–Crippen LogP) is 3.34. The number of hydrogen-bond donors (Lipinski definition) is 0. The maximum absolute atomic E-state index is 8.74. The third-order valence-corrected chi connectivity index (χ3v) is 2.63. The van der Waals surface area contributed by atoms with Crippen LogP contribution in [0, 0.1) is 11.3 Å². The van der Waals surface area contributed by atoms with Crippen molar-refractivity contribution in [2.24, 2.45) is 0 Å². The Hall–Kier alpha value is -0.300. The van der Waals surface area contributed by atoms with Crippen LogP contribution in [0.25, 0.3) is 0 Å². The van der Waals surface area contributed by atoms with Crippen LogP contribution in [0.2, 0.25) is 5.02 Å². The van der Waals surface area contributed by atoms with E-state index in [4.69, 9.17) is 28.5 Å². The maximum Gasteiger partial charge on any atom is 0.103 e. The van der Waals surface area contributed by atoms with Crippen LogP contribution in [0.3, 0.4) is 0 Å². The highest BCUT2D eigenvalue weighted by Crippen LogP contribution is 2.25. The summed E-state index contributed by atoms with van der Waals surface area (Å²) < 4.78 is 0.715. The Bertz CT molecular complexity index is 348. The van der Waals surface area contributed by atoms with Crippen LogP contribution in [-0.2, 0) is 0 Å². The van der Waals surface area contributed by atoms with Crippen LogP contribution >= 0.6 is 39.1 Å². The van der Waals surface area contributed by atoms with Gasteiger partial charge < -0.3 is 0 Å². The molecular weight excluding hydrogens is 275 g/mol. The third kappa shape index (κ3) is 2.57. The molecule has 68 valence electrons. The monoisotopic (exact) mass is 278 g/mol. The van der Waals surface area contributed by atoms with E-state index >= 15 is 0 Å². The van der Waals surface area contributed by atoms with Gasteiger partial charge in [-0.05, 0) is 22.0 Å². The Balaban J connectivity index is 3.09. The fourth-order valence-corrected chi connectivity index (χ4v) is 1.98. The van der Waals surface area contributed by atoms with Crippen LogP contribution in [0.1, 0.15) is 11.6 Å². The van der Waals surface area contributed by atoms with E-state index in [9.17, 15) is 0 Å². The van der Waals surface area contributed by atoms with Gasteiger partial charge in [0.25, 0.3) is 0 Å². The van der Waals surface area contributed by atoms with Gasteiger partial charge in [-0.3, -0.25) is 4.98 Å². The molecule has 0 bridgehead atoms. The van der Waals surface area contributed by atoms with E-state index in [0.717, 1.165) is 0 Å². The van der Waals surface area contributed by atoms with Crippen LogP contribution in [0.15, 0.2) is 16.7 Å². The van der Waals surface area contributed by atoms with Crippen molar-refractivity contribution in [1.82, 2.24) is 4.98 Å². The lowest BCUT2D eigenvalue weighted by atomic mass is 10.1. The van der Waals surface area contributed by atoms with Gasteiger partial charge in [0, 0.05) is 16.5 Å². The molecule has 1 heterocycles. The SMILES string of the molecule is N#CC(CCl)c1ncc(Cl)cc1Br. The second-order valence-corrected chi connectivity index (χ2v) is 3.96. The Morgan fingerprint density at radius 2 is 2.38 bits per heavy atom. The van der Waals surface area contributed by atoms with Gasteiger partial charge in [-0.2, -0.15) is 5.26 Å². The van der Waals surface area contributed by atoms with E-state index in [1.165, 1.54) is 6.20 Å². The Morgan fingerprint density at radius 1 is 1.69 bits per heavy atom. The first-order valence-electron chi connectivity index (χ1n) is 3.45. The highest BCUT2D eigenvalue weighted by Gasteiger charge is 2.14. The number of hydrogen-bond acceptors (Lipinski definition) is 2. The molecule has 0 fully saturated rings. The Kier molecular flexibility index (Phi) is 3.98. The Morgan fingerprint density at radius 3 is 2.85 bits per heavy atom. The van der Waals surface area contributed by atoms with Gasteiger partial charge in [0.05, 0.1) is 16.8 Å². The molecule has 0 N–H and O–H groups in total. The van der Waals surface area contributed by atoms with E-state index in [-0.39, 0.29) is 5.88 Å². The van der Waals surface area contributed by atoms with Crippen molar-refractivity contribution in [1.29, 1.82) is 5.26 Å². The van der Waals surface area contributed by atoms with Crippen molar-refractivity contribution in [2.45, 2.75) is 5.92 Å². The summed E-state index contributed by atoms with van der Waals surface area (Å²) in [5, 5.41) is 9.27. The molecule has 0 aliphatic carbocycles. The van der Waals surface area contributed by atoms with Crippen molar-refractivity contribution in [2.75, 3.05) is 5.88 Å². The van der Waals surface area contributed by atoms with Gasteiger partial charge in [0.1, 0.15) is 5.92 Å². The second-order valence-electron chi connectivity index (χ2n) is 2.36. The summed E-state index contributed by atoms with van der Waals surface area (Å²) in [7, 11) is 0. The van der Waals surface area contributed by atoms with Crippen LogP contribution in [0.4, 0.5) is 0 Å². The molecule has 1 rings (SSSR count). The van der Waals surface area contributed by atoms with E-state index in [1.54, 1.807) is 6.07 Å². The van der Waals surface area contributed by atoms with Gasteiger partial charge >= 0.3 is 0 Å². The molecule has 0 spiro atoms. The molecule has 0 amide bonds. The molecule has 0 aromatic carbocycles. The molecule has 2 nitrogen and oxygen atoms in total. The lowest BCUT2D eigenvalue weighted by molar-refractivity contribution is 0.918. The lowest BCUT2D eigenvalue weighted by Crippen LogP contribution is -2.01. The van der Waals surface area contributed by atoms with E-state index in [0.29, 0.717) is 15.2 Å². The largest absolute Gasteiger partial charge is 0.257 e. The highest BCUT2D eigenvalue weighted by molar-refractivity contribution is 9.10. The third-order valence-electron chi connectivity index (χ3n) is 1.48. The zero-order chi connectivity index (χ0) is 9.84. The molecule has 1 aromatic heterocycles. The van der Waals surface area contributed by atoms with Crippen LogP contribution < -0.4 is 0 Å². The quantitative estimate of drug-likeness (QED) is 0.779. The summed E-state index contributed by atoms with van der Waals surface area (Å²) in [6.07, 6.45) is 1.50. The normalized spacial score (nSPS) is 12.2. The lowest BCUT2D eigenvalue weighted by Gasteiger charge is -2.06. The number of pyridine rings is 1. The fourth-order valence-electron chi connectivity index (χ4n) is 0.850. The predicted molar refractivity (Wildman–Crippen MR) is 56.0 cm³/mol. The van der Waals surface area contributed by atoms with Crippen molar-refractivity contribution >= 4 is 39.1 Å². The smallest absolute Gasteiger partial charge is 0.103 e. The van der Waals surface area contributed by atoms with Gasteiger partial charge in [0.2, 0.25) is 0 Å². The standard InChI is InChI=1S/C8H5BrCl2N2/c9-7-1-6(11)4-13-8(7)5(2-10)3-12/h1,4-5H,2H2. The minimum Gasteiger partial charge on any atom is -0.257 e. The number of nitriles is 1. The summed E-state index contributed by atoms with van der Waals surface area (Å²) >= 11 is 14.6. The van der Waals surface area contributed by atoms with Gasteiger partial charge in [-0.1, -0.05) is 11.6 Å². The average Bonchev–Trinajstić information content (AvgIpc) is 2.10. The zero-order valence-corrected chi connectivity index (χ0v) is 9.57. The number of halogens is 3. The first kappa shape index (κ1) is 10.8. The molecule has 5 heteroatoms. The summed E-state index contributed by atoms with van der Waals surface area (Å²) in [6.45, 7) is 0. The van der Waals surface area contributed by atoms with Crippen LogP contribution in [0.5, 0.6) is 0 Å². The highest BCUT2D eigenvalue weighted by atomic mass is 79.9. The minimum atomic E-state index is -0.395. The molecule has 1 aromatic rings. The molecule has 0 saturated carbocycles. The van der Waals surface area contributed by atoms with Crippen molar-refractivity contribution < 1.29 is 0 Å². The number of rotatable bonds is 2. The molecule has 0 aliphatic rings. The van der Waals surface area contributed by atoms with Crippen LogP contribution in [-0.4, -0.2) is 10.9 Å². The first-order valence-corrected chi connectivity index (χ1v) is 5.16. The fraction of sp³-hybridized carbons (Fsp3) is 0.250. The number of alkyl halides is 1. The molecule has 13 heavy (non-hydrogen) atoms. The summed E-state index contributed by atoms with van der Waals surface area (Å²) in [4.78, 5) is 4.03. The van der Waals surface area contributed by atoms with Gasteiger partial charge in [-0.15, -0.1) is 11.6 Å². The second kappa shape index (κ2) is 4.80. The summed E-state index contributed by atoms with van der Waals surface area (Å²) in [6, 6.07) is 3.76. The minimum absolute atomic E-state index is 0.226. The van der Waals surface area contributed by atoms with Gasteiger partial charge in [-0.25, -0.2) is 0 Å². The van der Waals surface area contributed by atoms with Crippen molar-refractivity contribution in [3.8, 4) is 6.07 Å². The zero-order valence-electron chi connectivity index (χ0n) is 6.47. The topological polar surface area (TPSA) is 36.7 Å². The van der Waals surface area contributed by atoms with E-state index in [1.807, 2.05) is 0 Å². The summed E-state index contributed by atoms with van der Waals surface area (Å²) in [5.41, 5.74) is 0.627. The maximum atomic E-state index is 8.74. The molecule has 1 unspecified atom stereocenters.